The number of nitrogens with zero attached hydrogens (tertiary/aromatic N) is 2. The minimum Gasteiger partial charge on any atom is -0.492 e. The van der Waals surface area contributed by atoms with Crippen molar-refractivity contribution in [2.75, 3.05) is 11.5 Å². The number of fused-ring (bicyclic) bond motifs is 2. The van der Waals surface area contributed by atoms with Crippen molar-refractivity contribution in [2.45, 2.75) is 13.5 Å². The summed E-state index contributed by atoms with van der Waals surface area (Å²) in [6, 6.07) is 23.7. The van der Waals surface area contributed by atoms with Gasteiger partial charge in [-0.25, -0.2) is 4.98 Å². The van der Waals surface area contributed by atoms with E-state index in [0.717, 1.165) is 32.4 Å². The molecule has 0 unspecified atom stereocenters. The Hall–Kier alpha value is -3.64. The number of hydrogen-bond donors (Lipinski definition) is 1. The predicted octanol–water partition coefficient (Wildman–Crippen LogP) is 6.02. The van der Waals surface area contributed by atoms with Gasteiger partial charge in [0.25, 0.3) is 5.91 Å². The summed E-state index contributed by atoms with van der Waals surface area (Å²) in [7, 11) is 0. The van der Waals surface area contributed by atoms with Crippen LogP contribution in [0.25, 0.3) is 21.1 Å². The molecule has 0 saturated heterocycles. The molecule has 0 spiro atoms. The maximum Gasteiger partial charge on any atom is 0.262 e. The van der Waals surface area contributed by atoms with E-state index in [1.165, 1.54) is 11.3 Å². The van der Waals surface area contributed by atoms with E-state index in [2.05, 4.69) is 4.98 Å². The Balaban J connectivity index is 1.61. The topological polar surface area (TPSA) is 58.2 Å². The molecule has 0 fully saturated rings. The molecule has 5 rings (SSSR count). The normalized spacial score (nSPS) is 11.1. The molecule has 1 N–H and O–H groups in total. The van der Waals surface area contributed by atoms with E-state index in [4.69, 9.17) is 9.72 Å². The second kappa shape index (κ2) is 8.24. The lowest BCUT2D eigenvalue weighted by molar-refractivity contribution is 0.0986. The Kier molecular flexibility index (Phi) is 5.14. The number of carbonyl (C=O) groups is 1. The quantitative estimate of drug-likeness (QED) is 0.360. The molecule has 0 atom stereocenters. The number of rotatable bonds is 6. The van der Waals surface area contributed by atoms with Crippen molar-refractivity contribution in [3.8, 4) is 5.75 Å². The number of H-pyrrole nitrogens is 1. The van der Waals surface area contributed by atoms with Crippen LogP contribution in [0.5, 0.6) is 5.75 Å². The Labute approximate surface area is 183 Å². The molecule has 0 saturated carbocycles. The zero-order valence-corrected chi connectivity index (χ0v) is 17.9. The highest BCUT2D eigenvalue weighted by Crippen LogP contribution is 2.36. The number of benzene rings is 3. The van der Waals surface area contributed by atoms with Crippen LogP contribution < -0.4 is 9.64 Å². The highest BCUT2D eigenvalue weighted by molar-refractivity contribution is 7.22. The van der Waals surface area contributed by atoms with E-state index in [9.17, 15) is 4.79 Å². The molecule has 0 bridgehead atoms. The Morgan fingerprint density at radius 1 is 1.03 bits per heavy atom. The first-order chi connectivity index (χ1) is 15.2. The minimum absolute atomic E-state index is 0.0849. The van der Waals surface area contributed by atoms with Crippen molar-refractivity contribution < 1.29 is 9.53 Å². The second-order valence-corrected chi connectivity index (χ2v) is 8.17. The molecular weight excluding hydrogens is 406 g/mol. The van der Waals surface area contributed by atoms with Crippen molar-refractivity contribution in [1.29, 1.82) is 0 Å². The fourth-order valence-corrected chi connectivity index (χ4v) is 4.67. The fourth-order valence-electron chi connectivity index (χ4n) is 3.69. The maximum atomic E-state index is 13.8. The highest BCUT2D eigenvalue weighted by Gasteiger charge is 2.24. The number of thiazole rings is 1. The molecule has 1 amide bonds. The van der Waals surface area contributed by atoms with Gasteiger partial charge < -0.3 is 9.72 Å². The molecule has 0 radical (unpaired) electrons. The van der Waals surface area contributed by atoms with Gasteiger partial charge in [0.15, 0.2) is 5.13 Å². The molecule has 6 heteroatoms. The smallest absolute Gasteiger partial charge is 0.262 e. The number of anilines is 1. The lowest BCUT2D eigenvalue weighted by Crippen LogP contribution is -2.30. The number of carbonyl (C=O) groups excluding carboxylic acids is 1. The Morgan fingerprint density at radius 3 is 2.68 bits per heavy atom. The van der Waals surface area contributed by atoms with Crippen LogP contribution in [-0.2, 0) is 6.54 Å². The Morgan fingerprint density at radius 2 is 1.84 bits per heavy atom. The van der Waals surface area contributed by atoms with Gasteiger partial charge in [0.1, 0.15) is 11.3 Å². The summed E-state index contributed by atoms with van der Waals surface area (Å²) in [6.07, 6.45) is 1.78. The van der Waals surface area contributed by atoms with Gasteiger partial charge in [-0.05, 0) is 30.7 Å². The molecule has 2 aromatic heterocycles. The van der Waals surface area contributed by atoms with Crippen LogP contribution in [0.4, 0.5) is 5.13 Å². The summed E-state index contributed by atoms with van der Waals surface area (Å²) in [5, 5.41) is 1.56. The van der Waals surface area contributed by atoms with Crippen molar-refractivity contribution in [1.82, 2.24) is 9.97 Å². The van der Waals surface area contributed by atoms with Crippen LogP contribution in [0.15, 0.2) is 79.0 Å². The van der Waals surface area contributed by atoms with Crippen LogP contribution >= 0.6 is 11.3 Å². The number of nitrogens with one attached hydrogen (secondary N) is 1. The third kappa shape index (κ3) is 3.66. The summed E-state index contributed by atoms with van der Waals surface area (Å²) < 4.78 is 6.75. The molecule has 0 aliphatic heterocycles. The highest BCUT2D eigenvalue weighted by atomic mass is 32.1. The van der Waals surface area contributed by atoms with Gasteiger partial charge in [0.2, 0.25) is 0 Å². The molecular formula is C25H21N3O2S. The van der Waals surface area contributed by atoms with Crippen LogP contribution in [0, 0.1) is 0 Å². The van der Waals surface area contributed by atoms with E-state index < -0.39 is 0 Å². The van der Waals surface area contributed by atoms with Gasteiger partial charge in [0.05, 0.1) is 23.4 Å². The van der Waals surface area contributed by atoms with Gasteiger partial charge >= 0.3 is 0 Å². The summed E-state index contributed by atoms with van der Waals surface area (Å²) in [5.41, 5.74) is 3.40. The molecule has 2 heterocycles. The van der Waals surface area contributed by atoms with Gasteiger partial charge in [-0.1, -0.05) is 65.9 Å². The largest absolute Gasteiger partial charge is 0.492 e. The van der Waals surface area contributed by atoms with E-state index in [0.29, 0.717) is 23.8 Å². The zero-order chi connectivity index (χ0) is 21.2. The van der Waals surface area contributed by atoms with Gasteiger partial charge in [-0.2, -0.15) is 0 Å². The summed E-state index contributed by atoms with van der Waals surface area (Å²) in [6.45, 7) is 2.95. The lowest BCUT2D eigenvalue weighted by atomic mass is 10.1. The van der Waals surface area contributed by atoms with E-state index in [-0.39, 0.29) is 5.91 Å². The van der Waals surface area contributed by atoms with Crippen molar-refractivity contribution in [2.24, 2.45) is 0 Å². The molecule has 31 heavy (non-hydrogen) atoms. The molecule has 5 aromatic rings. The van der Waals surface area contributed by atoms with Crippen molar-refractivity contribution >= 4 is 43.5 Å². The molecule has 154 valence electrons. The number of para-hydroxylation sites is 2. The summed E-state index contributed by atoms with van der Waals surface area (Å²) in [4.78, 5) is 23.5. The molecule has 0 aliphatic carbocycles. The maximum absolute atomic E-state index is 13.8. The van der Waals surface area contributed by atoms with E-state index >= 15 is 0 Å². The number of hydrogen-bond acceptors (Lipinski definition) is 4. The monoisotopic (exact) mass is 427 g/mol. The van der Waals surface area contributed by atoms with Crippen LogP contribution in [-0.4, -0.2) is 22.5 Å². The minimum atomic E-state index is -0.0849. The fraction of sp³-hybridized carbons (Fsp3) is 0.120. The standard InChI is InChI=1S/C25H21N3O2S/c1-2-30-21-13-8-14-22-23(21)27-25(31-22)28(16-17-9-4-3-5-10-17)24(29)19-15-26-20-12-7-6-11-18(19)20/h3-15,26H,2,16H2,1H3. The number of ether oxygens (including phenoxy) is 1. The summed E-state index contributed by atoms with van der Waals surface area (Å²) >= 11 is 1.50. The average molecular weight is 428 g/mol. The zero-order valence-electron chi connectivity index (χ0n) is 17.0. The third-order valence-electron chi connectivity index (χ3n) is 5.15. The molecule has 3 aromatic carbocycles. The van der Waals surface area contributed by atoms with Crippen LogP contribution in [0.3, 0.4) is 0 Å². The first kappa shape index (κ1) is 19.3. The van der Waals surface area contributed by atoms with Crippen molar-refractivity contribution in [3.05, 3.63) is 90.1 Å². The van der Waals surface area contributed by atoms with Crippen molar-refractivity contribution in [3.63, 3.8) is 0 Å². The average Bonchev–Trinajstić information content (AvgIpc) is 3.43. The number of aromatic amines is 1. The van der Waals surface area contributed by atoms with E-state index in [1.54, 1.807) is 11.1 Å². The summed E-state index contributed by atoms with van der Waals surface area (Å²) in [5.74, 6) is 0.653. The van der Waals surface area contributed by atoms with Crippen LogP contribution in [0.1, 0.15) is 22.8 Å². The second-order valence-electron chi connectivity index (χ2n) is 7.16. The van der Waals surface area contributed by atoms with E-state index in [1.807, 2.05) is 79.7 Å². The van der Waals surface area contributed by atoms with Gasteiger partial charge in [0, 0.05) is 17.1 Å². The first-order valence-electron chi connectivity index (χ1n) is 10.2. The first-order valence-corrected chi connectivity index (χ1v) is 11.0. The predicted molar refractivity (Wildman–Crippen MR) is 126 cm³/mol. The third-order valence-corrected chi connectivity index (χ3v) is 6.19. The Bertz CT molecular complexity index is 1360. The SMILES string of the molecule is CCOc1cccc2sc(N(Cc3ccccc3)C(=O)c3c[nH]c4ccccc34)nc12. The molecule has 5 nitrogen and oxygen atoms in total. The van der Waals surface area contributed by atoms with Crippen LogP contribution in [0.2, 0.25) is 0 Å². The lowest BCUT2D eigenvalue weighted by Gasteiger charge is -2.20. The van der Waals surface area contributed by atoms with Gasteiger partial charge in [-0.3, -0.25) is 9.69 Å². The number of aromatic nitrogens is 2. The van der Waals surface area contributed by atoms with Gasteiger partial charge in [-0.15, -0.1) is 0 Å². The number of amides is 1. The molecule has 0 aliphatic rings.